The molecular weight excluding hydrogens is 628 g/mol. The number of hydrogen-bond acceptors (Lipinski definition) is 12. The maximum Gasteiger partial charge on any atom is 0.407 e. The second-order valence-corrected chi connectivity index (χ2v) is 10.7. The normalized spacial score (nSPS) is 15.8. The van der Waals surface area contributed by atoms with Gasteiger partial charge in [0.05, 0.1) is 77.2 Å². The standard InChI is InChI=1S/C33H42N4O11/c38-28-10-9-27(30(39)36-28)37-31(40)25-7-4-8-26(29(25)32(37)41)34-11-13-43-15-17-45-19-21-47-22-20-46-18-16-44-14-12-35-33(42)48-23-24-5-2-1-3-6-24/h1-8,27,34H,9-23H2,(H,35,42)(H,36,38,39). The number of imide groups is 2. The van der Waals surface area contributed by atoms with Gasteiger partial charge >= 0.3 is 6.09 Å². The molecule has 2 aliphatic heterocycles. The Bertz CT molecular complexity index is 1370. The monoisotopic (exact) mass is 670 g/mol. The molecule has 48 heavy (non-hydrogen) atoms. The fourth-order valence-corrected chi connectivity index (χ4v) is 4.90. The molecule has 2 heterocycles. The number of carbonyl (C=O) groups is 5. The highest BCUT2D eigenvalue weighted by Gasteiger charge is 2.45. The third-order valence-electron chi connectivity index (χ3n) is 7.25. The van der Waals surface area contributed by atoms with E-state index in [1.165, 1.54) is 0 Å². The van der Waals surface area contributed by atoms with E-state index in [2.05, 4.69) is 16.0 Å². The largest absolute Gasteiger partial charge is 0.445 e. The number of piperidine rings is 1. The molecule has 1 unspecified atom stereocenters. The molecule has 4 rings (SSSR count). The molecular formula is C33H42N4O11. The van der Waals surface area contributed by atoms with Crippen molar-refractivity contribution in [2.24, 2.45) is 0 Å². The number of benzene rings is 2. The Morgan fingerprint density at radius 1 is 0.729 bits per heavy atom. The molecule has 2 aromatic rings. The highest BCUT2D eigenvalue weighted by molar-refractivity contribution is 6.25. The van der Waals surface area contributed by atoms with Gasteiger partial charge in [0.15, 0.2) is 0 Å². The van der Waals surface area contributed by atoms with Gasteiger partial charge in [-0.1, -0.05) is 36.4 Å². The molecule has 0 radical (unpaired) electrons. The minimum absolute atomic E-state index is 0.0636. The second kappa shape index (κ2) is 20.1. The summed E-state index contributed by atoms with van der Waals surface area (Å²) in [7, 11) is 0. The Morgan fingerprint density at radius 2 is 1.33 bits per heavy atom. The van der Waals surface area contributed by atoms with Gasteiger partial charge in [0.25, 0.3) is 11.8 Å². The van der Waals surface area contributed by atoms with Gasteiger partial charge in [-0.05, 0) is 24.1 Å². The number of amides is 5. The van der Waals surface area contributed by atoms with Gasteiger partial charge < -0.3 is 39.1 Å². The summed E-state index contributed by atoms with van der Waals surface area (Å²) in [6.07, 6.45) is -0.326. The zero-order chi connectivity index (χ0) is 34.0. The molecule has 260 valence electrons. The lowest BCUT2D eigenvalue weighted by Crippen LogP contribution is -2.54. The van der Waals surface area contributed by atoms with Crippen molar-refractivity contribution in [3.63, 3.8) is 0 Å². The van der Waals surface area contributed by atoms with Crippen molar-refractivity contribution in [1.29, 1.82) is 0 Å². The van der Waals surface area contributed by atoms with Crippen LogP contribution in [0.15, 0.2) is 48.5 Å². The molecule has 0 saturated carbocycles. The average molecular weight is 671 g/mol. The minimum atomic E-state index is -1.01. The topological polar surface area (TPSA) is 180 Å². The molecule has 1 saturated heterocycles. The molecule has 0 aromatic heterocycles. The molecule has 5 amide bonds. The maximum absolute atomic E-state index is 13.1. The summed E-state index contributed by atoms with van der Waals surface area (Å²) in [6.45, 7) is 4.83. The predicted octanol–water partition coefficient (Wildman–Crippen LogP) is 1.51. The number of nitrogens with one attached hydrogen (secondary N) is 3. The molecule has 2 aliphatic rings. The zero-order valence-electron chi connectivity index (χ0n) is 26.7. The van der Waals surface area contributed by atoms with E-state index in [-0.39, 0.29) is 30.6 Å². The maximum atomic E-state index is 13.1. The Labute approximate surface area is 278 Å². The molecule has 1 atom stereocenters. The van der Waals surface area contributed by atoms with E-state index >= 15 is 0 Å². The lowest BCUT2D eigenvalue weighted by atomic mass is 10.0. The number of hydrogen-bond donors (Lipinski definition) is 3. The lowest BCUT2D eigenvalue weighted by Gasteiger charge is -2.27. The van der Waals surface area contributed by atoms with E-state index in [1.807, 2.05) is 30.3 Å². The van der Waals surface area contributed by atoms with Crippen molar-refractivity contribution in [2.45, 2.75) is 25.5 Å². The van der Waals surface area contributed by atoms with Gasteiger partial charge in [-0.2, -0.15) is 0 Å². The van der Waals surface area contributed by atoms with Crippen LogP contribution < -0.4 is 16.0 Å². The average Bonchev–Trinajstić information content (AvgIpc) is 3.34. The van der Waals surface area contributed by atoms with Crippen molar-refractivity contribution < 1.29 is 52.4 Å². The summed E-state index contributed by atoms with van der Waals surface area (Å²) in [4.78, 5) is 62.4. The van der Waals surface area contributed by atoms with Crippen LogP contribution in [0.5, 0.6) is 0 Å². The highest BCUT2D eigenvalue weighted by Crippen LogP contribution is 2.32. The van der Waals surface area contributed by atoms with Gasteiger partial charge in [0.1, 0.15) is 12.6 Å². The van der Waals surface area contributed by atoms with Crippen LogP contribution in [0.1, 0.15) is 39.1 Å². The first-order chi connectivity index (χ1) is 23.5. The number of anilines is 1. The summed E-state index contributed by atoms with van der Waals surface area (Å²) >= 11 is 0. The first-order valence-corrected chi connectivity index (χ1v) is 15.9. The van der Waals surface area contributed by atoms with E-state index in [4.69, 9.17) is 28.4 Å². The van der Waals surface area contributed by atoms with E-state index in [1.54, 1.807) is 18.2 Å². The molecule has 0 spiro atoms. The molecule has 2 aromatic carbocycles. The Kier molecular flexibility index (Phi) is 15.2. The van der Waals surface area contributed by atoms with Gasteiger partial charge in [-0.3, -0.25) is 29.4 Å². The zero-order valence-corrected chi connectivity index (χ0v) is 26.7. The van der Waals surface area contributed by atoms with Crippen LogP contribution in [0.2, 0.25) is 0 Å². The minimum Gasteiger partial charge on any atom is -0.445 e. The van der Waals surface area contributed by atoms with Crippen molar-refractivity contribution in [2.75, 3.05) is 84.5 Å². The summed E-state index contributed by atoms with van der Waals surface area (Å²) in [5, 5.41) is 7.94. The smallest absolute Gasteiger partial charge is 0.407 e. The van der Waals surface area contributed by atoms with E-state index in [9.17, 15) is 24.0 Å². The fraction of sp³-hybridized carbons (Fsp3) is 0.485. The molecule has 3 N–H and O–H groups in total. The Morgan fingerprint density at radius 3 is 1.96 bits per heavy atom. The second-order valence-electron chi connectivity index (χ2n) is 10.7. The summed E-state index contributed by atoms with van der Waals surface area (Å²) in [5.74, 6) is -2.18. The molecule has 0 aliphatic carbocycles. The number of nitrogens with zero attached hydrogens (tertiary/aromatic N) is 1. The molecule has 15 nitrogen and oxygen atoms in total. The van der Waals surface area contributed by atoms with Crippen LogP contribution in [0.4, 0.5) is 10.5 Å². The van der Waals surface area contributed by atoms with Crippen LogP contribution in [0, 0.1) is 0 Å². The molecule has 0 bridgehead atoms. The van der Waals surface area contributed by atoms with Crippen molar-refractivity contribution in [1.82, 2.24) is 15.5 Å². The SMILES string of the molecule is O=C1CCC(N2C(=O)c3cccc(NCCOCCOCCOCCOCCOCCNC(=O)OCc4ccccc4)c3C2=O)C(=O)N1. The Hall–Kier alpha value is -4.41. The predicted molar refractivity (Wildman–Crippen MR) is 170 cm³/mol. The Balaban J connectivity index is 0.931. The highest BCUT2D eigenvalue weighted by atomic mass is 16.6. The number of rotatable bonds is 22. The number of alkyl carbamates (subject to hydrolysis) is 1. The van der Waals surface area contributed by atoms with Crippen LogP contribution in [-0.2, 0) is 44.6 Å². The summed E-state index contributed by atoms with van der Waals surface area (Å²) < 4.78 is 32.5. The fourth-order valence-electron chi connectivity index (χ4n) is 4.90. The quantitative estimate of drug-likeness (QED) is 0.122. The van der Waals surface area contributed by atoms with Crippen LogP contribution in [0.25, 0.3) is 0 Å². The number of ether oxygens (including phenoxy) is 6. The number of fused-ring (bicyclic) bond motifs is 1. The summed E-state index contributed by atoms with van der Waals surface area (Å²) in [5.41, 5.74) is 1.81. The third-order valence-corrected chi connectivity index (χ3v) is 7.25. The third kappa shape index (κ3) is 11.4. The van der Waals surface area contributed by atoms with E-state index in [0.717, 1.165) is 10.5 Å². The summed E-state index contributed by atoms with van der Waals surface area (Å²) in [6, 6.07) is 13.3. The van der Waals surface area contributed by atoms with Gasteiger partial charge in [0.2, 0.25) is 11.8 Å². The van der Waals surface area contributed by atoms with Crippen molar-refractivity contribution >= 4 is 35.4 Å². The van der Waals surface area contributed by atoms with Gasteiger partial charge in [-0.25, -0.2) is 4.79 Å². The lowest BCUT2D eigenvalue weighted by molar-refractivity contribution is -0.136. The van der Waals surface area contributed by atoms with E-state index < -0.39 is 35.8 Å². The van der Waals surface area contributed by atoms with Gasteiger partial charge in [0, 0.05) is 25.2 Å². The van der Waals surface area contributed by atoms with Crippen LogP contribution in [-0.4, -0.2) is 120 Å². The molecule has 1 fully saturated rings. The van der Waals surface area contributed by atoms with Crippen LogP contribution in [0.3, 0.4) is 0 Å². The number of carbonyl (C=O) groups excluding carboxylic acids is 5. The van der Waals surface area contributed by atoms with E-state index in [0.29, 0.717) is 84.8 Å². The van der Waals surface area contributed by atoms with Crippen LogP contribution >= 0.6 is 0 Å². The van der Waals surface area contributed by atoms with Crippen molar-refractivity contribution in [3.8, 4) is 0 Å². The van der Waals surface area contributed by atoms with Gasteiger partial charge in [-0.15, -0.1) is 0 Å². The van der Waals surface area contributed by atoms with Crippen molar-refractivity contribution in [3.05, 3.63) is 65.2 Å². The first-order valence-electron chi connectivity index (χ1n) is 15.9. The first kappa shape index (κ1) is 36.4. The molecule has 15 heteroatoms.